The summed E-state index contributed by atoms with van der Waals surface area (Å²) in [6.45, 7) is 8.74. The summed E-state index contributed by atoms with van der Waals surface area (Å²) in [5.41, 5.74) is 4.85. The molecule has 0 saturated carbocycles. The average Bonchev–Trinajstić information content (AvgIpc) is 3.61. The molecule has 0 atom stereocenters. The largest absolute Gasteiger partial charge is 0.355 e. The Morgan fingerprint density at radius 2 is 1.81 bits per heavy atom. The first kappa shape index (κ1) is 24.7. The number of aromatic nitrogens is 1. The minimum atomic E-state index is -3.56. The van der Waals surface area contributed by atoms with Gasteiger partial charge in [0.25, 0.3) is 5.91 Å². The Morgan fingerprint density at radius 3 is 2.56 bits per heavy atom. The second-order valence-corrected chi connectivity index (χ2v) is 11.5. The lowest BCUT2D eigenvalue weighted by atomic mass is 10.1. The van der Waals surface area contributed by atoms with E-state index in [-0.39, 0.29) is 10.8 Å². The molecule has 1 fully saturated rings. The molecule has 36 heavy (non-hydrogen) atoms. The van der Waals surface area contributed by atoms with Crippen LogP contribution in [-0.2, 0) is 21.2 Å². The zero-order valence-electron chi connectivity index (χ0n) is 21.0. The third-order valence-electron chi connectivity index (χ3n) is 7.32. The first-order chi connectivity index (χ1) is 17.4. The van der Waals surface area contributed by atoms with Gasteiger partial charge in [-0.05, 0) is 93.4 Å². The van der Waals surface area contributed by atoms with Crippen molar-refractivity contribution < 1.29 is 13.2 Å². The minimum absolute atomic E-state index is 0.225. The van der Waals surface area contributed by atoms with E-state index in [1.165, 1.54) is 9.87 Å². The highest BCUT2D eigenvalue weighted by Gasteiger charge is 2.31. The highest BCUT2D eigenvalue weighted by atomic mass is 32.2. The number of anilines is 1. The van der Waals surface area contributed by atoms with Crippen molar-refractivity contribution in [3.8, 4) is 0 Å². The summed E-state index contributed by atoms with van der Waals surface area (Å²) in [6.07, 6.45) is 5.72. The first-order valence-electron chi connectivity index (χ1n) is 12.9. The van der Waals surface area contributed by atoms with E-state index in [9.17, 15) is 13.2 Å². The molecule has 1 aromatic heterocycles. The summed E-state index contributed by atoms with van der Waals surface area (Å²) < 4.78 is 27.7. The van der Waals surface area contributed by atoms with Crippen molar-refractivity contribution >= 4 is 44.2 Å². The number of amides is 1. The normalized spacial score (nSPS) is 17.4. The van der Waals surface area contributed by atoms with Gasteiger partial charge in [0.15, 0.2) is 0 Å². The molecule has 0 aliphatic carbocycles. The number of benzene rings is 2. The zero-order chi connectivity index (χ0) is 25.3. The van der Waals surface area contributed by atoms with E-state index in [0.29, 0.717) is 29.9 Å². The van der Waals surface area contributed by atoms with Crippen molar-refractivity contribution in [1.82, 2.24) is 14.2 Å². The maximum atomic E-state index is 13.1. The van der Waals surface area contributed by atoms with Crippen LogP contribution in [0.25, 0.3) is 22.6 Å². The summed E-state index contributed by atoms with van der Waals surface area (Å²) in [6, 6.07) is 13.4. The number of carbonyl (C=O) groups excluding carboxylic acids is 1. The van der Waals surface area contributed by atoms with Gasteiger partial charge in [-0.1, -0.05) is 19.9 Å². The fourth-order valence-corrected chi connectivity index (χ4v) is 6.73. The predicted octanol–water partition coefficient (Wildman–Crippen LogP) is 4.72. The quantitative estimate of drug-likeness (QED) is 0.411. The predicted molar refractivity (Wildman–Crippen MR) is 145 cm³/mol. The Labute approximate surface area is 213 Å². The van der Waals surface area contributed by atoms with Gasteiger partial charge in [-0.25, -0.2) is 8.42 Å². The van der Waals surface area contributed by atoms with E-state index in [4.69, 9.17) is 0 Å². The molecular weight excluding hydrogens is 472 g/mol. The molecule has 0 unspecified atom stereocenters. The Kier molecular flexibility index (Phi) is 7.01. The highest BCUT2D eigenvalue weighted by molar-refractivity contribution is 7.89. The van der Waals surface area contributed by atoms with Gasteiger partial charge < -0.3 is 15.2 Å². The second kappa shape index (κ2) is 10.2. The van der Waals surface area contributed by atoms with Gasteiger partial charge in [0.05, 0.1) is 10.5 Å². The molecule has 2 N–H and O–H groups in total. The number of hydrogen-bond acceptors (Lipinski definition) is 4. The van der Waals surface area contributed by atoms with Gasteiger partial charge in [0.1, 0.15) is 0 Å². The molecule has 0 radical (unpaired) electrons. The van der Waals surface area contributed by atoms with Crippen molar-refractivity contribution in [3.63, 3.8) is 0 Å². The van der Waals surface area contributed by atoms with Crippen LogP contribution in [0.15, 0.2) is 47.4 Å². The average molecular weight is 507 g/mol. The number of aromatic amines is 1. The van der Waals surface area contributed by atoms with Crippen LogP contribution >= 0.6 is 0 Å². The maximum Gasteiger partial charge on any atom is 0.256 e. The molecule has 2 aromatic carbocycles. The zero-order valence-corrected chi connectivity index (χ0v) is 21.8. The monoisotopic (exact) mass is 506 g/mol. The Bertz CT molecular complexity index is 1410. The Balaban J connectivity index is 1.40. The molecule has 3 heterocycles. The summed E-state index contributed by atoms with van der Waals surface area (Å²) in [4.78, 5) is 18.8. The van der Waals surface area contributed by atoms with Crippen LogP contribution < -0.4 is 5.32 Å². The fraction of sp³-hybridized carbons (Fsp3) is 0.393. The topological polar surface area (TPSA) is 85.5 Å². The van der Waals surface area contributed by atoms with Crippen LogP contribution in [0, 0.1) is 0 Å². The van der Waals surface area contributed by atoms with Crippen molar-refractivity contribution in [2.24, 2.45) is 0 Å². The number of H-pyrrole nitrogens is 1. The Morgan fingerprint density at radius 1 is 1.03 bits per heavy atom. The number of nitrogens with one attached hydrogen (secondary N) is 2. The summed E-state index contributed by atoms with van der Waals surface area (Å²) >= 11 is 0. The molecule has 8 heteroatoms. The van der Waals surface area contributed by atoms with Crippen molar-refractivity contribution in [3.05, 3.63) is 59.3 Å². The molecule has 0 spiro atoms. The van der Waals surface area contributed by atoms with E-state index in [1.807, 2.05) is 12.1 Å². The molecule has 2 aliphatic heterocycles. The molecule has 1 saturated heterocycles. The van der Waals surface area contributed by atoms with E-state index in [0.717, 1.165) is 61.9 Å². The molecule has 5 rings (SSSR count). The van der Waals surface area contributed by atoms with Crippen LogP contribution in [0.1, 0.15) is 49.9 Å². The second-order valence-electron chi connectivity index (χ2n) is 9.61. The number of sulfonamides is 1. The molecule has 7 nitrogen and oxygen atoms in total. The van der Waals surface area contributed by atoms with Gasteiger partial charge >= 0.3 is 0 Å². The molecule has 190 valence electrons. The molecule has 1 amide bonds. The van der Waals surface area contributed by atoms with Crippen molar-refractivity contribution in [1.29, 1.82) is 0 Å². The smallest absolute Gasteiger partial charge is 0.256 e. The third kappa shape index (κ3) is 4.85. The number of carbonyl (C=O) groups is 1. The molecule has 3 aromatic rings. The van der Waals surface area contributed by atoms with Gasteiger partial charge in [0.2, 0.25) is 10.0 Å². The number of nitrogens with zero attached hydrogens (tertiary/aromatic N) is 2. The standard InChI is InChI=1S/C28H34N4O3S/c1-3-31(4-2)13-7-8-20-9-11-26-21(16-20)17-22(29-26)18-25-24-19-23(10-12-27(24)30-28(25)33)36(34,35)32-14-5-6-15-32/h9-12,16-19,29H,3-8,13-15H2,1-2H3,(H,30,33)/b25-18+. The molecule has 0 bridgehead atoms. The van der Waals surface area contributed by atoms with Crippen LogP contribution in [0.3, 0.4) is 0 Å². The van der Waals surface area contributed by atoms with Gasteiger partial charge in [-0.3, -0.25) is 4.79 Å². The minimum Gasteiger partial charge on any atom is -0.355 e. The summed E-state index contributed by atoms with van der Waals surface area (Å²) in [5.74, 6) is -0.225. The van der Waals surface area contributed by atoms with E-state index in [1.54, 1.807) is 18.2 Å². The van der Waals surface area contributed by atoms with E-state index in [2.05, 4.69) is 47.2 Å². The van der Waals surface area contributed by atoms with Crippen LogP contribution in [0.5, 0.6) is 0 Å². The van der Waals surface area contributed by atoms with E-state index < -0.39 is 10.0 Å². The van der Waals surface area contributed by atoms with Gasteiger partial charge in [0, 0.05) is 40.9 Å². The lowest BCUT2D eigenvalue weighted by Gasteiger charge is -2.17. The molecular formula is C28H34N4O3S. The Hall–Kier alpha value is -2.94. The van der Waals surface area contributed by atoms with Gasteiger partial charge in [-0.2, -0.15) is 4.31 Å². The van der Waals surface area contributed by atoms with Crippen molar-refractivity contribution in [2.45, 2.75) is 44.4 Å². The lowest BCUT2D eigenvalue weighted by Crippen LogP contribution is -2.27. The number of rotatable bonds is 9. The van der Waals surface area contributed by atoms with Crippen molar-refractivity contribution in [2.75, 3.05) is 38.0 Å². The van der Waals surface area contributed by atoms with Crippen LogP contribution in [0.4, 0.5) is 5.69 Å². The summed E-state index contributed by atoms with van der Waals surface area (Å²) in [5, 5.41) is 3.97. The number of hydrogen-bond donors (Lipinski definition) is 2. The van der Waals surface area contributed by atoms with E-state index >= 15 is 0 Å². The SMILES string of the molecule is CCN(CC)CCCc1ccc2[nH]c(/C=C3/C(=O)Nc4ccc(S(=O)(=O)N5CCCC5)cc43)cc2c1. The summed E-state index contributed by atoms with van der Waals surface area (Å²) in [7, 11) is -3.56. The van der Waals surface area contributed by atoms with Crippen LogP contribution in [-0.4, -0.2) is 61.2 Å². The highest BCUT2D eigenvalue weighted by Crippen LogP contribution is 2.36. The molecule has 2 aliphatic rings. The third-order valence-corrected chi connectivity index (χ3v) is 9.21. The maximum absolute atomic E-state index is 13.1. The van der Waals surface area contributed by atoms with Gasteiger partial charge in [-0.15, -0.1) is 0 Å². The lowest BCUT2D eigenvalue weighted by molar-refractivity contribution is -0.110. The first-order valence-corrected chi connectivity index (χ1v) is 14.3. The number of fused-ring (bicyclic) bond motifs is 2. The fourth-order valence-electron chi connectivity index (χ4n) is 5.19. The van der Waals surface area contributed by atoms with Crippen LogP contribution in [0.2, 0.25) is 0 Å². The number of aryl methyl sites for hydroxylation is 1.